The van der Waals surface area contributed by atoms with Gasteiger partial charge in [-0.15, -0.1) is 0 Å². The fraction of sp³-hybridized carbons (Fsp3) is 0.364. The number of aliphatic hydroxyl groups excluding tert-OH is 2. The van der Waals surface area contributed by atoms with Gasteiger partial charge in [-0.05, 0) is 24.6 Å². The molecule has 1 aromatic rings. The van der Waals surface area contributed by atoms with Crippen molar-refractivity contribution in [2.45, 2.75) is 19.1 Å². The molecule has 0 aliphatic rings. The van der Waals surface area contributed by atoms with E-state index in [9.17, 15) is 15.0 Å². The minimum Gasteiger partial charge on any atom is -0.464 e. The van der Waals surface area contributed by atoms with Gasteiger partial charge in [-0.1, -0.05) is 12.1 Å². The summed E-state index contributed by atoms with van der Waals surface area (Å²) in [6.45, 7) is 1.77. The van der Waals surface area contributed by atoms with Crippen molar-refractivity contribution in [1.29, 1.82) is 0 Å². The molecule has 1 rings (SSSR count). The lowest BCUT2D eigenvalue weighted by molar-refractivity contribution is -0.159. The minimum absolute atomic E-state index is 0.146. The average molecular weight is 240 g/mol. The molecule has 5 N–H and O–H groups in total. The monoisotopic (exact) mass is 240 g/mol. The molecule has 6 nitrogen and oxygen atoms in total. The first-order chi connectivity index (χ1) is 8.10. The van der Waals surface area contributed by atoms with Crippen molar-refractivity contribution in [3.8, 4) is 0 Å². The molecule has 0 amide bonds. The summed E-state index contributed by atoms with van der Waals surface area (Å²) in [6, 6.07) is 6.44. The molecule has 0 fully saturated rings. The molecular formula is C11H16N2O4. The molecule has 1 aromatic carbocycles. The number of hydrazine groups is 1. The van der Waals surface area contributed by atoms with Crippen molar-refractivity contribution in [2.24, 2.45) is 5.84 Å². The highest BCUT2D eigenvalue weighted by molar-refractivity contribution is 5.75. The Morgan fingerprint density at radius 2 is 2.24 bits per heavy atom. The van der Waals surface area contributed by atoms with Crippen LogP contribution in [0.15, 0.2) is 24.3 Å². The van der Waals surface area contributed by atoms with E-state index in [1.54, 1.807) is 25.1 Å². The first-order valence-corrected chi connectivity index (χ1v) is 5.19. The lowest BCUT2D eigenvalue weighted by Crippen LogP contribution is -2.29. The van der Waals surface area contributed by atoms with Crippen molar-refractivity contribution in [2.75, 3.05) is 12.0 Å². The van der Waals surface area contributed by atoms with Gasteiger partial charge in [0.2, 0.25) is 0 Å². The molecule has 6 heteroatoms. The normalized spacial score (nSPS) is 13.9. The Balaban J connectivity index is 2.80. The van der Waals surface area contributed by atoms with Crippen LogP contribution in [0.1, 0.15) is 18.6 Å². The van der Waals surface area contributed by atoms with Crippen LogP contribution in [0.3, 0.4) is 0 Å². The number of nitrogen functional groups attached to an aromatic ring is 1. The van der Waals surface area contributed by atoms with Crippen LogP contribution in [-0.4, -0.2) is 28.9 Å². The number of carbonyl (C=O) groups is 1. The third-order valence-corrected chi connectivity index (χ3v) is 2.22. The smallest absolute Gasteiger partial charge is 0.338 e. The summed E-state index contributed by atoms with van der Waals surface area (Å²) >= 11 is 0. The number of rotatable bonds is 5. The second-order valence-corrected chi connectivity index (χ2v) is 3.41. The Morgan fingerprint density at radius 1 is 1.53 bits per heavy atom. The van der Waals surface area contributed by atoms with Gasteiger partial charge in [0, 0.05) is 5.69 Å². The van der Waals surface area contributed by atoms with E-state index >= 15 is 0 Å². The molecule has 2 unspecified atom stereocenters. The summed E-state index contributed by atoms with van der Waals surface area (Å²) in [6.07, 6.45) is -2.95. The van der Waals surface area contributed by atoms with E-state index in [0.717, 1.165) is 0 Å². The van der Waals surface area contributed by atoms with Gasteiger partial charge in [0.1, 0.15) is 6.10 Å². The molecule has 0 aromatic heterocycles. The van der Waals surface area contributed by atoms with E-state index < -0.39 is 18.2 Å². The molecule has 17 heavy (non-hydrogen) atoms. The Morgan fingerprint density at radius 3 is 2.82 bits per heavy atom. The zero-order chi connectivity index (χ0) is 12.8. The molecule has 0 saturated carbocycles. The van der Waals surface area contributed by atoms with Gasteiger partial charge in [0.15, 0.2) is 6.10 Å². The molecule has 0 spiro atoms. The van der Waals surface area contributed by atoms with E-state index in [0.29, 0.717) is 11.3 Å². The van der Waals surface area contributed by atoms with Crippen molar-refractivity contribution in [1.82, 2.24) is 0 Å². The number of benzene rings is 1. The maximum absolute atomic E-state index is 11.2. The van der Waals surface area contributed by atoms with Crippen LogP contribution in [-0.2, 0) is 9.53 Å². The maximum Gasteiger partial charge on any atom is 0.338 e. The van der Waals surface area contributed by atoms with E-state index in [2.05, 4.69) is 10.2 Å². The third kappa shape index (κ3) is 3.42. The van der Waals surface area contributed by atoms with Crippen LogP contribution in [0.4, 0.5) is 5.69 Å². The quantitative estimate of drug-likeness (QED) is 0.326. The number of ether oxygens (including phenoxy) is 1. The standard InChI is InChI=1S/C11H16N2O4/c1-2-17-11(16)10(15)9(14)7-4-3-5-8(6-7)13-12/h3-6,9-10,13-15H,2,12H2,1H3. The van der Waals surface area contributed by atoms with Gasteiger partial charge < -0.3 is 20.4 Å². The molecule has 0 aliphatic heterocycles. The van der Waals surface area contributed by atoms with Crippen LogP contribution in [0.2, 0.25) is 0 Å². The van der Waals surface area contributed by atoms with Crippen molar-refractivity contribution in [3.63, 3.8) is 0 Å². The second kappa shape index (κ2) is 6.19. The van der Waals surface area contributed by atoms with Gasteiger partial charge in [0.05, 0.1) is 6.61 Å². The van der Waals surface area contributed by atoms with Gasteiger partial charge in [-0.3, -0.25) is 5.84 Å². The summed E-state index contributed by atoms with van der Waals surface area (Å²) in [5.41, 5.74) is 3.35. The zero-order valence-corrected chi connectivity index (χ0v) is 9.46. The summed E-state index contributed by atoms with van der Waals surface area (Å²) < 4.78 is 4.61. The SMILES string of the molecule is CCOC(=O)C(O)C(O)c1cccc(NN)c1. The molecule has 94 valence electrons. The Hall–Kier alpha value is -1.63. The number of carbonyl (C=O) groups excluding carboxylic acids is 1. The van der Waals surface area contributed by atoms with Gasteiger partial charge in [-0.2, -0.15) is 0 Å². The highest BCUT2D eigenvalue weighted by atomic mass is 16.5. The van der Waals surface area contributed by atoms with Crippen LogP contribution < -0.4 is 11.3 Å². The first kappa shape index (κ1) is 13.4. The second-order valence-electron chi connectivity index (χ2n) is 3.41. The van der Waals surface area contributed by atoms with Crippen LogP contribution in [0.25, 0.3) is 0 Å². The number of nitrogens with two attached hydrogens (primary N) is 1. The van der Waals surface area contributed by atoms with E-state index in [4.69, 9.17) is 5.84 Å². The van der Waals surface area contributed by atoms with E-state index in [1.165, 1.54) is 6.07 Å². The summed E-state index contributed by atoms with van der Waals surface area (Å²) in [4.78, 5) is 11.2. The largest absolute Gasteiger partial charge is 0.464 e. The van der Waals surface area contributed by atoms with Gasteiger partial charge in [0.25, 0.3) is 0 Å². The number of anilines is 1. The first-order valence-electron chi connectivity index (χ1n) is 5.19. The van der Waals surface area contributed by atoms with Gasteiger partial charge in [-0.25, -0.2) is 4.79 Å². The topological polar surface area (TPSA) is 105 Å². The number of hydrogen-bond acceptors (Lipinski definition) is 6. The lowest BCUT2D eigenvalue weighted by Gasteiger charge is -2.17. The fourth-order valence-electron chi connectivity index (χ4n) is 1.35. The van der Waals surface area contributed by atoms with E-state index in [1.807, 2.05) is 0 Å². The van der Waals surface area contributed by atoms with Crippen LogP contribution in [0, 0.1) is 0 Å². The summed E-state index contributed by atoms with van der Waals surface area (Å²) in [7, 11) is 0. The average Bonchev–Trinajstić information content (AvgIpc) is 2.37. The number of nitrogens with one attached hydrogen (secondary N) is 1. The Bertz CT molecular complexity index is 383. The maximum atomic E-state index is 11.2. The molecule has 0 radical (unpaired) electrons. The van der Waals surface area contributed by atoms with Crippen molar-refractivity contribution in [3.05, 3.63) is 29.8 Å². The molecular weight excluding hydrogens is 224 g/mol. The highest BCUT2D eigenvalue weighted by Gasteiger charge is 2.26. The Labute approximate surface area is 99.0 Å². The molecule has 0 bridgehead atoms. The van der Waals surface area contributed by atoms with Crippen LogP contribution >= 0.6 is 0 Å². The molecule has 0 aliphatic carbocycles. The third-order valence-electron chi connectivity index (χ3n) is 2.22. The predicted molar refractivity (Wildman–Crippen MR) is 61.9 cm³/mol. The summed E-state index contributed by atoms with van der Waals surface area (Å²) in [5.74, 6) is 4.36. The van der Waals surface area contributed by atoms with E-state index in [-0.39, 0.29) is 6.61 Å². The van der Waals surface area contributed by atoms with Crippen molar-refractivity contribution < 1.29 is 19.7 Å². The van der Waals surface area contributed by atoms with Crippen LogP contribution in [0.5, 0.6) is 0 Å². The van der Waals surface area contributed by atoms with Crippen molar-refractivity contribution >= 4 is 11.7 Å². The minimum atomic E-state index is -1.61. The number of aliphatic hydroxyl groups is 2. The molecule has 0 saturated heterocycles. The summed E-state index contributed by atoms with van der Waals surface area (Å²) in [5, 5.41) is 19.3. The predicted octanol–water partition coefficient (Wildman–Crippen LogP) is -0.0704. The molecule has 2 atom stereocenters. The Kier molecular flexibility index (Phi) is 4.89. The number of hydrogen-bond donors (Lipinski definition) is 4. The lowest BCUT2D eigenvalue weighted by atomic mass is 10.0. The zero-order valence-electron chi connectivity index (χ0n) is 9.46. The number of esters is 1. The fourth-order valence-corrected chi connectivity index (χ4v) is 1.35. The van der Waals surface area contributed by atoms with Gasteiger partial charge >= 0.3 is 5.97 Å². The molecule has 0 heterocycles. The highest BCUT2D eigenvalue weighted by Crippen LogP contribution is 2.20.